The van der Waals surface area contributed by atoms with Crippen molar-refractivity contribution in [2.45, 2.75) is 6.92 Å². The Labute approximate surface area is 142 Å². The number of ether oxygens (including phenoxy) is 1. The van der Waals surface area contributed by atoms with Gasteiger partial charge >= 0.3 is 0 Å². The van der Waals surface area contributed by atoms with Crippen LogP contribution in [-0.2, 0) is 0 Å². The second-order valence-corrected chi connectivity index (χ2v) is 6.26. The lowest BCUT2D eigenvalue weighted by atomic mass is 10.2. The van der Waals surface area contributed by atoms with Gasteiger partial charge in [-0.15, -0.1) is 11.3 Å². The molecule has 0 aliphatic carbocycles. The molecule has 0 atom stereocenters. The second-order valence-electron chi connectivity index (χ2n) is 5.15. The first-order valence-corrected chi connectivity index (χ1v) is 8.14. The fourth-order valence-corrected chi connectivity index (χ4v) is 3.50. The van der Waals surface area contributed by atoms with Crippen LogP contribution >= 0.6 is 11.3 Å². The van der Waals surface area contributed by atoms with E-state index in [-0.39, 0.29) is 5.56 Å². The van der Waals surface area contributed by atoms with Gasteiger partial charge in [0.15, 0.2) is 0 Å². The molecule has 0 amide bonds. The molecular formula is C18H17N3O2S. The maximum Gasteiger partial charge on any atom is 0.275 e. The number of methoxy groups -OCH3 is 1. The third-order valence-corrected chi connectivity index (χ3v) is 4.68. The lowest BCUT2D eigenvalue weighted by Gasteiger charge is -2.06. The van der Waals surface area contributed by atoms with Crippen LogP contribution in [-0.4, -0.2) is 16.7 Å². The zero-order valence-corrected chi connectivity index (χ0v) is 14.3. The van der Waals surface area contributed by atoms with Crippen molar-refractivity contribution < 1.29 is 4.74 Å². The van der Waals surface area contributed by atoms with E-state index in [1.807, 2.05) is 25.1 Å². The molecule has 0 spiro atoms. The molecule has 3 aromatic rings. The van der Waals surface area contributed by atoms with Crippen molar-refractivity contribution in [1.82, 2.24) is 9.55 Å². The molecule has 0 saturated carbocycles. The van der Waals surface area contributed by atoms with Crippen LogP contribution in [0.2, 0.25) is 0 Å². The van der Waals surface area contributed by atoms with E-state index in [2.05, 4.69) is 11.6 Å². The van der Waals surface area contributed by atoms with Crippen LogP contribution < -0.4 is 25.8 Å². The Balaban J connectivity index is 2.28. The summed E-state index contributed by atoms with van der Waals surface area (Å²) < 4.78 is 7.93. The summed E-state index contributed by atoms with van der Waals surface area (Å²) >= 11 is 1.31. The highest BCUT2D eigenvalue weighted by Gasteiger charge is 2.11. The van der Waals surface area contributed by atoms with Gasteiger partial charge in [-0.3, -0.25) is 9.36 Å². The van der Waals surface area contributed by atoms with Crippen LogP contribution in [0.3, 0.4) is 0 Å². The molecule has 3 rings (SSSR count). The van der Waals surface area contributed by atoms with Crippen molar-refractivity contribution in [1.29, 1.82) is 0 Å². The number of hydrogen-bond acceptors (Lipinski definition) is 5. The maximum atomic E-state index is 12.8. The number of nitrogens with two attached hydrogens (primary N) is 1. The van der Waals surface area contributed by atoms with Gasteiger partial charge in [-0.1, -0.05) is 12.7 Å². The number of thiophene rings is 1. The molecule has 6 heteroatoms. The largest absolute Gasteiger partial charge is 0.497 e. The molecule has 24 heavy (non-hydrogen) atoms. The normalized spacial score (nSPS) is 12.8. The van der Waals surface area contributed by atoms with Gasteiger partial charge in [-0.25, -0.2) is 4.98 Å². The molecule has 0 aliphatic rings. The van der Waals surface area contributed by atoms with E-state index in [0.717, 1.165) is 21.2 Å². The van der Waals surface area contributed by atoms with Crippen molar-refractivity contribution >= 4 is 33.8 Å². The lowest BCUT2D eigenvalue weighted by molar-refractivity contribution is 0.414. The van der Waals surface area contributed by atoms with Gasteiger partial charge in [0.05, 0.1) is 18.3 Å². The minimum atomic E-state index is -0.139. The molecule has 2 heterocycles. The zero-order valence-electron chi connectivity index (χ0n) is 13.4. The first-order valence-electron chi connectivity index (χ1n) is 7.32. The summed E-state index contributed by atoms with van der Waals surface area (Å²) in [4.78, 5) is 17.3. The summed E-state index contributed by atoms with van der Waals surface area (Å²) in [5.74, 6) is 0.730. The fourth-order valence-electron chi connectivity index (χ4n) is 2.50. The topological polar surface area (TPSA) is 70.1 Å². The summed E-state index contributed by atoms with van der Waals surface area (Å²) in [6.45, 7) is 5.89. The van der Waals surface area contributed by atoms with Crippen LogP contribution in [0, 0.1) is 0 Å². The standard InChI is InChI=1S/C18H17N3O2S/c1-4-5-14(19)15-11(2)24-17-16(15)20-10-21(18(17)22)12-6-8-13(23-3)9-7-12/h4-10H,2,19H2,1,3H3/b5-4-,15-14-. The van der Waals surface area contributed by atoms with Gasteiger partial charge in [0.25, 0.3) is 5.56 Å². The quantitative estimate of drug-likeness (QED) is 0.785. The van der Waals surface area contributed by atoms with Gasteiger partial charge in [-0.2, -0.15) is 0 Å². The first kappa shape index (κ1) is 16.0. The van der Waals surface area contributed by atoms with E-state index in [1.54, 1.807) is 25.3 Å². The molecule has 1 aromatic carbocycles. The van der Waals surface area contributed by atoms with Crippen molar-refractivity contribution in [2.75, 3.05) is 7.11 Å². The molecule has 0 bridgehead atoms. The first-order chi connectivity index (χ1) is 11.6. The number of aromatic nitrogens is 2. The van der Waals surface area contributed by atoms with E-state index in [1.165, 1.54) is 22.2 Å². The SMILES string of the molecule is C=c1sc2c(=O)n(-c3ccc(OC)cc3)cnc2/c1=C(N)/C=C\C. The van der Waals surface area contributed by atoms with Gasteiger partial charge < -0.3 is 10.5 Å². The molecule has 0 aliphatic heterocycles. The number of rotatable bonds is 3. The van der Waals surface area contributed by atoms with Crippen molar-refractivity contribution in [3.05, 3.63) is 62.8 Å². The number of fused-ring (bicyclic) bond motifs is 1. The number of allylic oxidation sites excluding steroid dienone is 1. The maximum absolute atomic E-state index is 12.8. The van der Waals surface area contributed by atoms with E-state index in [4.69, 9.17) is 10.5 Å². The molecule has 5 nitrogen and oxygen atoms in total. The van der Waals surface area contributed by atoms with Gasteiger partial charge in [-0.05, 0) is 37.3 Å². The molecular weight excluding hydrogens is 322 g/mol. The van der Waals surface area contributed by atoms with Gasteiger partial charge in [0.2, 0.25) is 0 Å². The lowest BCUT2D eigenvalue weighted by Crippen LogP contribution is -2.25. The minimum Gasteiger partial charge on any atom is -0.497 e. The second kappa shape index (κ2) is 6.33. The zero-order chi connectivity index (χ0) is 17.3. The number of benzene rings is 1. The molecule has 0 radical (unpaired) electrons. The highest BCUT2D eigenvalue weighted by molar-refractivity contribution is 7.16. The van der Waals surface area contributed by atoms with E-state index in [9.17, 15) is 4.79 Å². The average Bonchev–Trinajstić information content (AvgIpc) is 2.93. The van der Waals surface area contributed by atoms with Crippen molar-refractivity contribution in [3.63, 3.8) is 0 Å². The Morgan fingerprint density at radius 3 is 2.71 bits per heavy atom. The summed E-state index contributed by atoms with van der Waals surface area (Å²) in [5.41, 5.74) is 7.82. The van der Waals surface area contributed by atoms with Gasteiger partial charge in [0, 0.05) is 15.4 Å². The molecule has 0 unspecified atom stereocenters. The average molecular weight is 339 g/mol. The highest BCUT2D eigenvalue weighted by Crippen LogP contribution is 2.14. The molecule has 122 valence electrons. The third-order valence-electron chi connectivity index (χ3n) is 3.66. The third kappa shape index (κ3) is 2.61. The molecule has 2 N–H and O–H groups in total. The predicted octanol–water partition coefficient (Wildman–Crippen LogP) is 1.51. The Hall–Kier alpha value is -2.86. The Bertz CT molecular complexity index is 1090. The van der Waals surface area contributed by atoms with Crippen LogP contribution in [0.1, 0.15) is 6.92 Å². The highest BCUT2D eigenvalue weighted by atomic mass is 32.1. The monoisotopic (exact) mass is 339 g/mol. The summed E-state index contributed by atoms with van der Waals surface area (Å²) in [6.07, 6.45) is 5.15. The smallest absolute Gasteiger partial charge is 0.275 e. The van der Waals surface area contributed by atoms with Crippen LogP contribution in [0.5, 0.6) is 5.75 Å². The summed E-state index contributed by atoms with van der Waals surface area (Å²) in [7, 11) is 1.60. The minimum absolute atomic E-state index is 0.139. The Morgan fingerprint density at radius 2 is 2.08 bits per heavy atom. The molecule has 2 aromatic heterocycles. The summed E-state index contributed by atoms with van der Waals surface area (Å²) in [6, 6.07) is 7.23. The van der Waals surface area contributed by atoms with Crippen LogP contribution in [0.4, 0.5) is 0 Å². The number of hydrogen-bond donors (Lipinski definition) is 1. The Morgan fingerprint density at radius 1 is 1.38 bits per heavy atom. The van der Waals surface area contributed by atoms with Crippen LogP contribution in [0.25, 0.3) is 28.2 Å². The van der Waals surface area contributed by atoms with Crippen LogP contribution in [0.15, 0.2) is 47.5 Å². The van der Waals surface area contributed by atoms with Crippen molar-refractivity contribution in [3.8, 4) is 11.4 Å². The molecule has 0 fully saturated rings. The number of nitrogens with zero attached hydrogens (tertiary/aromatic N) is 2. The van der Waals surface area contributed by atoms with Crippen molar-refractivity contribution in [2.24, 2.45) is 5.73 Å². The van der Waals surface area contributed by atoms with E-state index < -0.39 is 0 Å². The fraction of sp³-hybridized carbons (Fsp3) is 0.111. The Kier molecular flexibility index (Phi) is 4.22. The summed E-state index contributed by atoms with van der Waals surface area (Å²) in [5, 5.41) is 0.729. The van der Waals surface area contributed by atoms with Gasteiger partial charge in [0.1, 0.15) is 16.8 Å². The predicted molar refractivity (Wildman–Crippen MR) is 99.0 cm³/mol. The molecule has 0 saturated heterocycles. The van der Waals surface area contributed by atoms with E-state index in [0.29, 0.717) is 15.9 Å². The van der Waals surface area contributed by atoms with E-state index >= 15 is 0 Å².